The molecular formula is C31H35Cl2N3O5S. The monoisotopic (exact) mass is 631 g/mol. The summed E-state index contributed by atoms with van der Waals surface area (Å²) in [7, 11) is -2.67. The van der Waals surface area contributed by atoms with Crippen molar-refractivity contribution in [2.75, 3.05) is 18.0 Å². The second-order valence-electron chi connectivity index (χ2n) is 10.2. The topological polar surface area (TPSA) is 96.0 Å². The van der Waals surface area contributed by atoms with E-state index in [0.29, 0.717) is 17.2 Å². The van der Waals surface area contributed by atoms with Crippen LogP contribution in [0.25, 0.3) is 0 Å². The molecule has 0 heterocycles. The van der Waals surface area contributed by atoms with E-state index < -0.39 is 28.5 Å². The SMILES string of the molecule is CC[C@@H](C(=O)NC1CCCC1)N(Cc1ccc(OC)cc1)C(=O)CN(c1ccc(Cl)cc1Cl)S(=O)(=O)c1ccccc1. The number of carbonyl (C=O) groups excluding carboxylic acids is 2. The molecule has 1 atom stereocenters. The summed E-state index contributed by atoms with van der Waals surface area (Å²) in [5.41, 5.74) is 0.865. The number of carbonyl (C=O) groups is 2. The minimum atomic E-state index is -4.23. The van der Waals surface area contributed by atoms with E-state index in [0.717, 1.165) is 35.6 Å². The van der Waals surface area contributed by atoms with E-state index >= 15 is 0 Å². The number of halogens is 2. The maximum atomic E-state index is 14.2. The van der Waals surface area contributed by atoms with Crippen molar-refractivity contribution in [3.8, 4) is 5.75 Å². The van der Waals surface area contributed by atoms with Crippen LogP contribution in [0.5, 0.6) is 5.75 Å². The highest BCUT2D eigenvalue weighted by Gasteiger charge is 2.35. The second kappa shape index (κ2) is 14.3. The summed E-state index contributed by atoms with van der Waals surface area (Å²) >= 11 is 12.6. The molecule has 3 aromatic carbocycles. The van der Waals surface area contributed by atoms with Gasteiger partial charge in [0.2, 0.25) is 11.8 Å². The largest absolute Gasteiger partial charge is 0.497 e. The fraction of sp³-hybridized carbons (Fsp3) is 0.355. The van der Waals surface area contributed by atoms with Gasteiger partial charge in [-0.1, -0.05) is 73.3 Å². The number of benzene rings is 3. The van der Waals surface area contributed by atoms with Gasteiger partial charge in [0.25, 0.3) is 10.0 Å². The van der Waals surface area contributed by atoms with E-state index in [-0.39, 0.29) is 34.1 Å². The number of ether oxygens (including phenoxy) is 1. The number of rotatable bonds is 12. The lowest BCUT2D eigenvalue weighted by molar-refractivity contribution is -0.140. The molecule has 1 saturated carbocycles. The number of anilines is 1. The van der Waals surface area contributed by atoms with Crippen LogP contribution in [-0.4, -0.2) is 50.9 Å². The molecular weight excluding hydrogens is 597 g/mol. The lowest BCUT2D eigenvalue weighted by atomic mass is 10.1. The van der Waals surface area contributed by atoms with Crippen molar-refractivity contribution in [1.29, 1.82) is 0 Å². The van der Waals surface area contributed by atoms with Gasteiger partial charge in [-0.2, -0.15) is 0 Å². The van der Waals surface area contributed by atoms with Gasteiger partial charge in [-0.25, -0.2) is 8.42 Å². The summed E-state index contributed by atoms with van der Waals surface area (Å²) in [4.78, 5) is 29.2. The average molecular weight is 633 g/mol. The van der Waals surface area contributed by atoms with Crippen LogP contribution in [0.2, 0.25) is 10.0 Å². The van der Waals surface area contributed by atoms with E-state index in [2.05, 4.69) is 5.32 Å². The highest BCUT2D eigenvalue weighted by Crippen LogP contribution is 2.33. The lowest BCUT2D eigenvalue weighted by Gasteiger charge is -2.34. The summed E-state index contributed by atoms with van der Waals surface area (Å²) in [5, 5.41) is 3.50. The molecule has 1 aliphatic carbocycles. The van der Waals surface area contributed by atoms with E-state index in [1.807, 2.05) is 19.1 Å². The molecule has 224 valence electrons. The van der Waals surface area contributed by atoms with Gasteiger partial charge >= 0.3 is 0 Å². The van der Waals surface area contributed by atoms with Crippen LogP contribution in [0.1, 0.15) is 44.6 Å². The minimum Gasteiger partial charge on any atom is -0.497 e. The first-order valence-corrected chi connectivity index (χ1v) is 16.1. The Hall–Kier alpha value is -3.27. The quantitative estimate of drug-likeness (QED) is 0.262. The standard InChI is InChI=1S/C31H35Cl2N3O5S/c1-3-28(31(38)34-24-9-7-8-10-24)35(20-22-13-16-25(41-2)17-14-22)30(37)21-36(29-18-15-23(32)19-27(29)33)42(39,40)26-11-5-4-6-12-26/h4-6,11-19,24,28H,3,7-10,20-21H2,1-2H3,(H,34,38)/t28-/m0/s1. The van der Waals surface area contributed by atoms with Crippen LogP contribution >= 0.6 is 23.2 Å². The molecule has 1 N–H and O–H groups in total. The molecule has 11 heteroatoms. The Morgan fingerprint density at radius 1 is 1.00 bits per heavy atom. The number of methoxy groups -OCH3 is 1. The van der Waals surface area contributed by atoms with Gasteiger partial charge in [-0.05, 0) is 67.3 Å². The van der Waals surface area contributed by atoms with Crippen molar-refractivity contribution in [2.24, 2.45) is 0 Å². The average Bonchev–Trinajstić information content (AvgIpc) is 3.50. The van der Waals surface area contributed by atoms with Crippen molar-refractivity contribution in [3.63, 3.8) is 0 Å². The molecule has 0 aliphatic heterocycles. The lowest BCUT2D eigenvalue weighted by Crippen LogP contribution is -2.53. The zero-order valence-electron chi connectivity index (χ0n) is 23.6. The summed E-state index contributed by atoms with van der Waals surface area (Å²) in [6, 6.07) is 18.7. The van der Waals surface area contributed by atoms with Gasteiger partial charge in [0, 0.05) is 17.6 Å². The highest BCUT2D eigenvalue weighted by atomic mass is 35.5. The fourth-order valence-electron chi connectivity index (χ4n) is 5.13. The Kier molecular flexibility index (Phi) is 10.8. The van der Waals surface area contributed by atoms with Crippen molar-refractivity contribution in [2.45, 2.75) is 62.6 Å². The number of hydrogen-bond acceptors (Lipinski definition) is 5. The predicted molar refractivity (Wildman–Crippen MR) is 165 cm³/mol. The molecule has 4 rings (SSSR count). The zero-order chi connectivity index (χ0) is 30.3. The molecule has 2 amide bonds. The summed E-state index contributed by atoms with van der Waals surface area (Å²) in [6.07, 6.45) is 4.22. The van der Waals surface area contributed by atoms with E-state index in [4.69, 9.17) is 27.9 Å². The molecule has 1 aliphatic rings. The van der Waals surface area contributed by atoms with Crippen LogP contribution in [0.4, 0.5) is 5.69 Å². The second-order valence-corrected chi connectivity index (χ2v) is 12.9. The van der Waals surface area contributed by atoms with Crippen molar-refractivity contribution >= 4 is 50.7 Å². The van der Waals surface area contributed by atoms with E-state index in [1.54, 1.807) is 37.4 Å². The highest BCUT2D eigenvalue weighted by molar-refractivity contribution is 7.92. The number of nitrogens with one attached hydrogen (secondary N) is 1. The molecule has 0 saturated heterocycles. The third-order valence-electron chi connectivity index (χ3n) is 7.39. The first-order chi connectivity index (χ1) is 20.1. The Balaban J connectivity index is 1.72. The van der Waals surface area contributed by atoms with Crippen molar-refractivity contribution < 1.29 is 22.7 Å². The van der Waals surface area contributed by atoms with Crippen LogP contribution in [0.3, 0.4) is 0 Å². The van der Waals surface area contributed by atoms with E-state index in [1.165, 1.54) is 35.2 Å². The van der Waals surface area contributed by atoms with Crippen LogP contribution < -0.4 is 14.4 Å². The predicted octanol–water partition coefficient (Wildman–Crippen LogP) is 6.06. The van der Waals surface area contributed by atoms with Crippen molar-refractivity contribution in [1.82, 2.24) is 10.2 Å². The molecule has 3 aromatic rings. The minimum absolute atomic E-state index is 0.00320. The van der Waals surface area contributed by atoms with Gasteiger partial charge in [0.15, 0.2) is 0 Å². The molecule has 0 radical (unpaired) electrons. The fourth-order valence-corrected chi connectivity index (χ4v) is 7.15. The third-order valence-corrected chi connectivity index (χ3v) is 9.70. The molecule has 0 unspecified atom stereocenters. The normalized spacial score (nSPS) is 14.3. The molecule has 0 bridgehead atoms. The van der Waals surface area contributed by atoms with Gasteiger partial charge in [-0.15, -0.1) is 0 Å². The molecule has 42 heavy (non-hydrogen) atoms. The smallest absolute Gasteiger partial charge is 0.264 e. The first kappa shape index (κ1) is 31.7. The van der Waals surface area contributed by atoms with Gasteiger partial charge in [-0.3, -0.25) is 13.9 Å². The molecule has 8 nitrogen and oxygen atoms in total. The zero-order valence-corrected chi connectivity index (χ0v) is 26.0. The number of sulfonamides is 1. The number of nitrogens with zero attached hydrogens (tertiary/aromatic N) is 2. The molecule has 1 fully saturated rings. The van der Waals surface area contributed by atoms with E-state index in [9.17, 15) is 18.0 Å². The van der Waals surface area contributed by atoms with Gasteiger partial charge in [0.05, 0.1) is 22.7 Å². The Labute approximate surface area is 257 Å². The Morgan fingerprint density at radius 2 is 1.67 bits per heavy atom. The first-order valence-electron chi connectivity index (χ1n) is 13.9. The Bertz CT molecular complexity index is 1480. The molecule has 0 aromatic heterocycles. The third kappa shape index (κ3) is 7.56. The number of amides is 2. The summed E-state index contributed by atoms with van der Waals surface area (Å²) < 4.78 is 34.1. The van der Waals surface area contributed by atoms with Crippen LogP contribution in [0, 0.1) is 0 Å². The van der Waals surface area contributed by atoms with Crippen molar-refractivity contribution in [3.05, 3.63) is 88.4 Å². The Morgan fingerprint density at radius 3 is 2.26 bits per heavy atom. The maximum Gasteiger partial charge on any atom is 0.264 e. The maximum absolute atomic E-state index is 14.2. The number of hydrogen-bond donors (Lipinski definition) is 1. The van der Waals surface area contributed by atoms with Gasteiger partial charge in [0.1, 0.15) is 18.3 Å². The summed E-state index contributed by atoms with van der Waals surface area (Å²) in [6.45, 7) is 1.34. The molecule has 0 spiro atoms. The summed E-state index contributed by atoms with van der Waals surface area (Å²) in [5.74, 6) is -0.154. The van der Waals surface area contributed by atoms with Crippen LogP contribution in [0.15, 0.2) is 77.7 Å². The van der Waals surface area contributed by atoms with Crippen LogP contribution in [-0.2, 0) is 26.2 Å². The van der Waals surface area contributed by atoms with Gasteiger partial charge < -0.3 is 15.0 Å².